The van der Waals surface area contributed by atoms with E-state index in [9.17, 15) is 9.59 Å². The molecule has 0 saturated heterocycles. The first-order valence-electron chi connectivity index (χ1n) is 25.2. The number of unbranched alkanes of at least 4 members (excludes halogenated alkanes) is 20. The molecule has 0 radical (unpaired) electrons. The number of hydrogen-bond donors (Lipinski definition) is 0. The second kappa shape index (κ2) is 45.3. The van der Waals surface area contributed by atoms with Crippen molar-refractivity contribution < 1.29 is 28.5 Å². The Morgan fingerprint density at radius 3 is 1.10 bits per heavy atom. The van der Waals surface area contributed by atoms with Gasteiger partial charge in [-0.25, -0.2) is 0 Å². The SMILES string of the molecule is CCCCCCCCC(CCCCC)C(=O)OCCCCCCN(CCCCCCOC(=O)C(CCCCC)CCCCCCCC)CCOCCOCCN(C)C. The Hall–Kier alpha value is -1.22. The molecule has 0 aromatic carbocycles. The molecule has 0 spiro atoms. The summed E-state index contributed by atoms with van der Waals surface area (Å²) >= 11 is 0. The van der Waals surface area contributed by atoms with Gasteiger partial charge in [0.25, 0.3) is 0 Å². The van der Waals surface area contributed by atoms with Crippen molar-refractivity contribution in [2.75, 3.05) is 79.9 Å². The molecule has 346 valence electrons. The Bertz CT molecular complexity index is 802. The number of ether oxygens (including phenoxy) is 4. The van der Waals surface area contributed by atoms with E-state index in [1.807, 2.05) is 0 Å². The summed E-state index contributed by atoms with van der Waals surface area (Å²) < 4.78 is 23.3. The van der Waals surface area contributed by atoms with Gasteiger partial charge < -0.3 is 28.7 Å². The van der Waals surface area contributed by atoms with Gasteiger partial charge in [-0.05, 0) is 78.6 Å². The van der Waals surface area contributed by atoms with E-state index in [1.165, 1.54) is 89.9 Å². The molecule has 0 rings (SSSR count). The molecular formula is C50H100N2O6. The number of likely N-dealkylation sites (N-methyl/N-ethyl adjacent to an activating group) is 1. The molecule has 58 heavy (non-hydrogen) atoms. The summed E-state index contributed by atoms with van der Waals surface area (Å²) in [4.78, 5) is 30.7. The molecular weight excluding hydrogens is 725 g/mol. The zero-order valence-electron chi connectivity index (χ0n) is 39.8. The van der Waals surface area contributed by atoms with Crippen molar-refractivity contribution in [1.82, 2.24) is 9.80 Å². The average molecular weight is 825 g/mol. The van der Waals surface area contributed by atoms with Crippen LogP contribution in [0.3, 0.4) is 0 Å². The molecule has 0 fully saturated rings. The van der Waals surface area contributed by atoms with E-state index in [1.54, 1.807) is 0 Å². The van der Waals surface area contributed by atoms with Gasteiger partial charge in [-0.2, -0.15) is 0 Å². The van der Waals surface area contributed by atoms with Crippen molar-refractivity contribution in [3.63, 3.8) is 0 Å². The molecule has 0 amide bonds. The van der Waals surface area contributed by atoms with Crippen LogP contribution in [-0.4, -0.2) is 102 Å². The lowest BCUT2D eigenvalue weighted by Gasteiger charge is -2.22. The first-order valence-corrected chi connectivity index (χ1v) is 25.2. The van der Waals surface area contributed by atoms with Crippen molar-refractivity contribution in [2.24, 2.45) is 11.8 Å². The second-order valence-electron chi connectivity index (χ2n) is 17.5. The van der Waals surface area contributed by atoms with Crippen LogP contribution < -0.4 is 0 Å². The Morgan fingerprint density at radius 2 is 0.690 bits per heavy atom. The summed E-state index contributed by atoms with van der Waals surface area (Å²) in [5.41, 5.74) is 0. The highest BCUT2D eigenvalue weighted by Crippen LogP contribution is 2.22. The van der Waals surface area contributed by atoms with Crippen molar-refractivity contribution in [3.05, 3.63) is 0 Å². The van der Waals surface area contributed by atoms with Crippen molar-refractivity contribution in [1.29, 1.82) is 0 Å². The molecule has 2 atom stereocenters. The van der Waals surface area contributed by atoms with Crippen molar-refractivity contribution in [3.8, 4) is 0 Å². The third kappa shape index (κ3) is 38.9. The van der Waals surface area contributed by atoms with Gasteiger partial charge in [-0.1, -0.05) is 169 Å². The Labute approximate surface area is 361 Å². The molecule has 0 aliphatic rings. The van der Waals surface area contributed by atoms with Crippen LogP contribution in [0.5, 0.6) is 0 Å². The predicted octanol–water partition coefficient (Wildman–Crippen LogP) is 13.0. The predicted molar refractivity (Wildman–Crippen MR) is 247 cm³/mol. The van der Waals surface area contributed by atoms with Gasteiger partial charge in [-0.15, -0.1) is 0 Å². The number of nitrogens with zero attached hydrogens (tertiary/aromatic N) is 2. The highest BCUT2D eigenvalue weighted by Gasteiger charge is 2.20. The molecule has 0 bridgehead atoms. The summed E-state index contributed by atoms with van der Waals surface area (Å²) in [7, 11) is 4.12. The zero-order chi connectivity index (χ0) is 42.6. The Balaban J connectivity index is 4.59. The van der Waals surface area contributed by atoms with Crippen LogP contribution in [0, 0.1) is 11.8 Å². The van der Waals surface area contributed by atoms with Crippen LogP contribution in [0.1, 0.15) is 220 Å². The van der Waals surface area contributed by atoms with Crippen molar-refractivity contribution in [2.45, 2.75) is 220 Å². The van der Waals surface area contributed by atoms with E-state index in [0.29, 0.717) is 26.4 Å². The number of rotatable bonds is 47. The monoisotopic (exact) mass is 825 g/mol. The lowest BCUT2D eigenvalue weighted by molar-refractivity contribution is -0.150. The fourth-order valence-corrected chi connectivity index (χ4v) is 7.65. The molecule has 8 heteroatoms. The molecule has 0 N–H and O–H groups in total. The minimum absolute atomic E-state index is 0.0483. The van der Waals surface area contributed by atoms with Crippen LogP contribution in [0.4, 0.5) is 0 Å². The maximum absolute atomic E-state index is 13.0. The highest BCUT2D eigenvalue weighted by atomic mass is 16.5. The summed E-state index contributed by atoms with van der Waals surface area (Å²) in [6, 6.07) is 0. The Morgan fingerprint density at radius 1 is 0.362 bits per heavy atom. The van der Waals surface area contributed by atoms with Crippen molar-refractivity contribution >= 4 is 11.9 Å². The van der Waals surface area contributed by atoms with E-state index in [-0.39, 0.29) is 23.8 Å². The number of carbonyl (C=O) groups excluding carboxylic acids is 2. The van der Waals surface area contributed by atoms with Gasteiger partial charge in [0.1, 0.15) is 0 Å². The van der Waals surface area contributed by atoms with E-state index < -0.39 is 0 Å². The maximum Gasteiger partial charge on any atom is 0.308 e. The quantitative estimate of drug-likeness (QED) is 0.0444. The maximum atomic E-state index is 13.0. The van der Waals surface area contributed by atoms with Crippen LogP contribution in [0.15, 0.2) is 0 Å². The minimum Gasteiger partial charge on any atom is -0.465 e. The third-order valence-corrected chi connectivity index (χ3v) is 11.6. The van der Waals surface area contributed by atoms with Gasteiger partial charge in [0.15, 0.2) is 0 Å². The summed E-state index contributed by atoms with van der Waals surface area (Å²) in [5.74, 6) is 0.264. The molecule has 0 heterocycles. The first kappa shape index (κ1) is 56.8. The van der Waals surface area contributed by atoms with Gasteiger partial charge in [-0.3, -0.25) is 9.59 Å². The average Bonchev–Trinajstić information content (AvgIpc) is 3.21. The number of esters is 2. The largest absolute Gasteiger partial charge is 0.465 e. The third-order valence-electron chi connectivity index (χ3n) is 11.6. The topological polar surface area (TPSA) is 77.5 Å². The zero-order valence-corrected chi connectivity index (χ0v) is 39.8. The minimum atomic E-state index is 0.0483. The summed E-state index contributed by atoms with van der Waals surface area (Å²) in [6.45, 7) is 16.8. The normalized spacial score (nSPS) is 12.8. The van der Waals surface area contributed by atoms with E-state index >= 15 is 0 Å². The molecule has 0 aliphatic heterocycles. The van der Waals surface area contributed by atoms with Gasteiger partial charge in [0.05, 0.1) is 51.5 Å². The molecule has 0 aromatic rings. The van der Waals surface area contributed by atoms with Crippen LogP contribution in [-0.2, 0) is 28.5 Å². The molecule has 0 aliphatic carbocycles. The van der Waals surface area contributed by atoms with E-state index in [0.717, 1.165) is 142 Å². The summed E-state index contributed by atoms with van der Waals surface area (Å²) in [6.07, 6.45) is 34.8. The molecule has 2 unspecified atom stereocenters. The fraction of sp³-hybridized carbons (Fsp3) is 0.960. The molecule has 8 nitrogen and oxygen atoms in total. The fourth-order valence-electron chi connectivity index (χ4n) is 7.65. The smallest absolute Gasteiger partial charge is 0.308 e. The lowest BCUT2D eigenvalue weighted by Crippen LogP contribution is -2.30. The molecule has 0 aromatic heterocycles. The van der Waals surface area contributed by atoms with Crippen LogP contribution in [0.25, 0.3) is 0 Å². The number of carbonyl (C=O) groups is 2. The highest BCUT2D eigenvalue weighted by molar-refractivity contribution is 5.72. The van der Waals surface area contributed by atoms with E-state index in [2.05, 4.69) is 51.6 Å². The van der Waals surface area contributed by atoms with E-state index in [4.69, 9.17) is 18.9 Å². The molecule has 0 saturated carbocycles. The Kier molecular flexibility index (Phi) is 44.4. The van der Waals surface area contributed by atoms with Crippen LogP contribution >= 0.6 is 0 Å². The van der Waals surface area contributed by atoms with Gasteiger partial charge >= 0.3 is 11.9 Å². The second-order valence-corrected chi connectivity index (χ2v) is 17.5. The number of hydrogen-bond acceptors (Lipinski definition) is 8. The lowest BCUT2D eigenvalue weighted by atomic mass is 9.94. The first-order chi connectivity index (χ1) is 28.4. The standard InChI is InChI=1S/C50H100N2O6/c1-7-11-15-17-19-27-35-47(33-25-13-9-3)49(53)57-41-31-23-21-29-37-52(40-44-56-46-45-55-43-39-51(5)6)38-30-22-24-32-42-58-50(54)48(34-26-14-10-4)36-28-20-18-16-12-8-2/h47-48H,7-46H2,1-6H3. The van der Waals surface area contributed by atoms with Gasteiger partial charge in [0, 0.05) is 13.1 Å². The van der Waals surface area contributed by atoms with Crippen LogP contribution in [0.2, 0.25) is 0 Å². The van der Waals surface area contributed by atoms with Gasteiger partial charge in [0.2, 0.25) is 0 Å². The summed E-state index contributed by atoms with van der Waals surface area (Å²) in [5, 5.41) is 0.